The molecule has 0 bridgehead atoms. The molecule has 2 N–H and O–H groups in total. The van der Waals surface area contributed by atoms with Gasteiger partial charge in [0.2, 0.25) is 11.8 Å². The van der Waals surface area contributed by atoms with E-state index in [9.17, 15) is 24.3 Å². The van der Waals surface area contributed by atoms with E-state index in [0.717, 1.165) is 15.6 Å². The smallest absolute Gasteiger partial charge is 0.334 e. The number of rotatable bonds is 7. The molecule has 192 valence electrons. The molecule has 0 aliphatic carbocycles. The molecule has 2 aliphatic heterocycles. The summed E-state index contributed by atoms with van der Waals surface area (Å²) in [4.78, 5) is 54.5. The van der Waals surface area contributed by atoms with Crippen LogP contribution in [0.15, 0.2) is 59.1 Å². The molecule has 0 unspecified atom stereocenters. The number of terminal acetylenes is 1. The number of piperazine rings is 1. The Balaban J connectivity index is 1.67. The molecule has 2 aromatic carbocycles. The van der Waals surface area contributed by atoms with E-state index in [1.807, 2.05) is 54.6 Å². The Morgan fingerprint density at radius 1 is 1.11 bits per heavy atom. The summed E-state index contributed by atoms with van der Waals surface area (Å²) >= 11 is 3.42. The Morgan fingerprint density at radius 2 is 1.84 bits per heavy atom. The fourth-order valence-corrected chi connectivity index (χ4v) is 5.10. The number of nitrogens with one attached hydrogen (secondary N) is 1. The van der Waals surface area contributed by atoms with Crippen molar-refractivity contribution in [1.82, 2.24) is 25.1 Å². The molecule has 4 rings (SSSR count). The van der Waals surface area contributed by atoms with Crippen LogP contribution < -0.4 is 5.32 Å². The number of fused-ring (bicyclic) bond motifs is 1. The van der Waals surface area contributed by atoms with E-state index < -0.39 is 42.4 Å². The van der Waals surface area contributed by atoms with Crippen molar-refractivity contribution in [3.63, 3.8) is 0 Å². The molecule has 10 nitrogen and oxygen atoms in total. The molecule has 2 atom stereocenters. The maximum absolute atomic E-state index is 13.5. The molecule has 2 aromatic rings. The van der Waals surface area contributed by atoms with Gasteiger partial charge in [-0.15, -0.1) is 6.42 Å². The maximum atomic E-state index is 13.5. The number of hydrogen-bond donors (Lipinski definition) is 2. The number of aliphatic carboxylic acids is 1. The molecule has 2 fully saturated rings. The Kier molecular flexibility index (Phi) is 8.11. The van der Waals surface area contributed by atoms with E-state index in [1.54, 1.807) is 0 Å². The van der Waals surface area contributed by atoms with Gasteiger partial charge in [0.15, 0.2) is 0 Å². The van der Waals surface area contributed by atoms with Gasteiger partial charge in [-0.25, -0.2) is 9.80 Å². The molecule has 0 aromatic heterocycles. The van der Waals surface area contributed by atoms with Crippen LogP contribution >= 0.6 is 15.9 Å². The number of carbonyl (C=O) groups is 4. The molecule has 2 aliphatic rings. The van der Waals surface area contributed by atoms with Crippen molar-refractivity contribution in [1.29, 1.82) is 0 Å². The number of hydrazine groups is 1. The third-order valence-electron chi connectivity index (χ3n) is 6.23. The van der Waals surface area contributed by atoms with Crippen molar-refractivity contribution < 1.29 is 24.3 Å². The summed E-state index contributed by atoms with van der Waals surface area (Å²) in [6, 6.07) is 14.9. The molecule has 0 spiro atoms. The largest absolute Gasteiger partial charge is 0.481 e. The van der Waals surface area contributed by atoms with Crippen LogP contribution in [-0.2, 0) is 27.5 Å². The van der Waals surface area contributed by atoms with Crippen LogP contribution in [0.4, 0.5) is 4.79 Å². The lowest BCUT2D eigenvalue weighted by Crippen LogP contribution is -2.76. The van der Waals surface area contributed by atoms with Crippen molar-refractivity contribution >= 4 is 39.7 Å². The van der Waals surface area contributed by atoms with Gasteiger partial charge in [0, 0.05) is 17.6 Å². The molecule has 4 amide bonds. The van der Waals surface area contributed by atoms with Crippen molar-refractivity contribution in [2.45, 2.75) is 31.7 Å². The minimum absolute atomic E-state index is 0.00691. The highest BCUT2D eigenvalue weighted by Gasteiger charge is 2.51. The minimum Gasteiger partial charge on any atom is -0.481 e. The number of nitrogens with zero attached hydrogens (tertiary/aromatic N) is 4. The van der Waals surface area contributed by atoms with Crippen LogP contribution in [0.2, 0.25) is 0 Å². The third-order valence-corrected chi connectivity index (χ3v) is 6.72. The van der Waals surface area contributed by atoms with E-state index >= 15 is 0 Å². The Labute approximate surface area is 222 Å². The summed E-state index contributed by atoms with van der Waals surface area (Å²) in [6.45, 7) is 0.140. The molecule has 2 heterocycles. The number of urea groups is 1. The molecular formula is C26H26BrN5O5. The van der Waals surface area contributed by atoms with E-state index in [2.05, 4.69) is 27.2 Å². The average Bonchev–Trinajstić information content (AvgIpc) is 2.86. The predicted molar refractivity (Wildman–Crippen MR) is 137 cm³/mol. The lowest BCUT2D eigenvalue weighted by atomic mass is 10.0. The third kappa shape index (κ3) is 5.93. The molecular weight excluding hydrogens is 542 g/mol. The van der Waals surface area contributed by atoms with Crippen LogP contribution in [0.1, 0.15) is 17.5 Å². The van der Waals surface area contributed by atoms with Crippen LogP contribution in [0.3, 0.4) is 0 Å². The summed E-state index contributed by atoms with van der Waals surface area (Å²) in [5.41, 5.74) is 1.69. The van der Waals surface area contributed by atoms with Gasteiger partial charge in [-0.1, -0.05) is 64.3 Å². The zero-order valence-corrected chi connectivity index (χ0v) is 21.5. The molecule has 37 heavy (non-hydrogen) atoms. The number of carboxylic acids is 1. The van der Waals surface area contributed by atoms with Gasteiger partial charge < -0.3 is 20.2 Å². The van der Waals surface area contributed by atoms with Crippen molar-refractivity contribution in [3.8, 4) is 12.3 Å². The second-order valence-corrected chi connectivity index (χ2v) is 9.68. The molecule has 11 heteroatoms. The summed E-state index contributed by atoms with van der Waals surface area (Å²) in [5, 5.41) is 15.2. The number of amides is 4. The summed E-state index contributed by atoms with van der Waals surface area (Å²) in [5.74, 6) is 0.305. The number of carboxylic acid groups (broad SMARTS) is 1. The van der Waals surface area contributed by atoms with Gasteiger partial charge >= 0.3 is 12.0 Å². The first-order valence-electron chi connectivity index (χ1n) is 11.6. The Bertz CT molecular complexity index is 1230. The second-order valence-electron chi connectivity index (χ2n) is 8.76. The fourth-order valence-electron chi connectivity index (χ4n) is 4.66. The van der Waals surface area contributed by atoms with Gasteiger partial charge in [0.1, 0.15) is 12.2 Å². The van der Waals surface area contributed by atoms with Gasteiger partial charge in [-0.05, 0) is 23.3 Å². The Hall–Kier alpha value is -3.88. The zero-order chi connectivity index (χ0) is 26.5. The van der Waals surface area contributed by atoms with Crippen LogP contribution in [0.25, 0.3) is 0 Å². The monoisotopic (exact) mass is 567 g/mol. The summed E-state index contributed by atoms with van der Waals surface area (Å²) in [7, 11) is 0. The minimum atomic E-state index is -1.26. The van der Waals surface area contributed by atoms with Gasteiger partial charge in [-0.3, -0.25) is 14.4 Å². The normalized spacial score (nSPS) is 19.8. The van der Waals surface area contributed by atoms with Crippen LogP contribution in [0, 0.1) is 12.3 Å². The number of benzene rings is 2. The maximum Gasteiger partial charge on any atom is 0.334 e. The molecule has 2 saturated heterocycles. The number of halogens is 1. The van der Waals surface area contributed by atoms with Crippen LogP contribution in [-0.4, -0.2) is 80.6 Å². The second kappa shape index (κ2) is 11.5. The molecule has 0 saturated carbocycles. The van der Waals surface area contributed by atoms with Gasteiger partial charge in [-0.2, -0.15) is 5.01 Å². The lowest BCUT2D eigenvalue weighted by Gasteiger charge is -2.54. The van der Waals surface area contributed by atoms with Gasteiger partial charge in [0.05, 0.1) is 26.1 Å². The summed E-state index contributed by atoms with van der Waals surface area (Å²) < 4.78 is 0.827. The highest BCUT2D eigenvalue weighted by molar-refractivity contribution is 9.10. The van der Waals surface area contributed by atoms with E-state index in [4.69, 9.17) is 6.42 Å². The topological polar surface area (TPSA) is 114 Å². The van der Waals surface area contributed by atoms with Crippen LogP contribution in [0.5, 0.6) is 0 Å². The fraction of sp³-hybridized carbons (Fsp3) is 0.308. The Morgan fingerprint density at radius 3 is 2.51 bits per heavy atom. The predicted octanol–water partition coefficient (Wildman–Crippen LogP) is 1.86. The van der Waals surface area contributed by atoms with Crippen molar-refractivity contribution in [3.05, 3.63) is 70.2 Å². The molecule has 0 radical (unpaired) electrons. The quantitative estimate of drug-likeness (QED) is 0.494. The van der Waals surface area contributed by atoms with E-state index in [0.29, 0.717) is 0 Å². The van der Waals surface area contributed by atoms with E-state index in [-0.39, 0.29) is 32.7 Å². The van der Waals surface area contributed by atoms with Crippen molar-refractivity contribution in [2.24, 2.45) is 0 Å². The first kappa shape index (κ1) is 26.2. The lowest BCUT2D eigenvalue weighted by molar-refractivity contribution is -0.190. The summed E-state index contributed by atoms with van der Waals surface area (Å²) in [6.07, 6.45) is 4.03. The first-order valence-corrected chi connectivity index (χ1v) is 12.4. The van der Waals surface area contributed by atoms with Crippen molar-refractivity contribution in [2.75, 3.05) is 19.6 Å². The first-order chi connectivity index (χ1) is 17.8. The highest BCUT2D eigenvalue weighted by atomic mass is 79.9. The highest BCUT2D eigenvalue weighted by Crippen LogP contribution is 2.29. The average molecular weight is 568 g/mol. The standard InChI is InChI=1S/C26H26BrN5O5/c1-2-11-30-17-23(33)31-21(13-24(34)35)25(36)29(15-19-9-6-10-20(27)12-19)16-22(31)32(30)26(37)28-14-18-7-4-3-5-8-18/h1,3-10,12,21-22H,11,13-17H2,(H,28,37)(H,34,35)/t21-,22-/m0/s1. The zero-order valence-electron chi connectivity index (χ0n) is 19.9. The van der Waals surface area contributed by atoms with Gasteiger partial charge in [0.25, 0.3) is 0 Å². The number of carbonyl (C=O) groups excluding carboxylic acids is 3. The van der Waals surface area contributed by atoms with E-state index in [1.165, 1.54) is 19.8 Å². The number of hydrogen-bond acceptors (Lipinski definition) is 5. The SMILES string of the molecule is C#CCN1CC(=O)N2[C@@H](CC(=O)O)C(=O)N(Cc3cccc(Br)c3)C[C@@H]2N1C(=O)NCc1ccccc1.